The lowest BCUT2D eigenvalue weighted by atomic mass is 10.2. The Morgan fingerprint density at radius 3 is 1.34 bits per heavy atom. The molecule has 8 heteroatoms. The summed E-state index contributed by atoms with van der Waals surface area (Å²) in [6.45, 7) is 6.15. The molecule has 0 saturated carbocycles. The Labute approximate surface area is 188 Å². The van der Waals surface area contributed by atoms with Crippen molar-refractivity contribution in [2.45, 2.75) is 39.8 Å². The zero-order valence-corrected chi connectivity index (χ0v) is 18.4. The molecule has 2 aromatic heterocycles. The van der Waals surface area contributed by atoms with Gasteiger partial charge in [0.2, 0.25) is 23.9 Å². The number of aromatic nitrogens is 2. The molecule has 0 N–H and O–H groups in total. The number of halogens is 1. The maximum absolute atomic E-state index is 9.89. The fourth-order valence-corrected chi connectivity index (χ4v) is 2.86. The zero-order chi connectivity index (χ0) is 23.2. The first kappa shape index (κ1) is 25.0. The molecule has 0 aliphatic heterocycles. The molecule has 0 aliphatic rings. The molecule has 0 unspecified atom stereocenters. The van der Waals surface area contributed by atoms with E-state index in [9.17, 15) is 4.32 Å². The van der Waals surface area contributed by atoms with Gasteiger partial charge in [0.15, 0.2) is 13.1 Å². The number of hydrogen-bond donors (Lipinski definition) is 0. The Morgan fingerprint density at radius 2 is 1.03 bits per heavy atom. The van der Waals surface area contributed by atoms with Gasteiger partial charge in [-0.1, -0.05) is 74.5 Å². The van der Waals surface area contributed by atoms with E-state index in [1.54, 1.807) is 0 Å². The summed E-state index contributed by atoms with van der Waals surface area (Å²) >= 11 is 0. The molecule has 0 spiro atoms. The summed E-state index contributed by atoms with van der Waals surface area (Å²) in [6, 6.07) is 24.3. The second-order valence-corrected chi connectivity index (χ2v) is 6.83. The second kappa shape index (κ2) is 14.0. The van der Waals surface area contributed by atoms with Gasteiger partial charge in [0.1, 0.15) is 7.40 Å². The minimum Gasteiger partial charge on any atom is -0.867 e. The molecule has 6 nitrogen and oxygen atoms in total. The van der Waals surface area contributed by atoms with Gasteiger partial charge in [-0.3, -0.25) is 0 Å². The van der Waals surface area contributed by atoms with Gasteiger partial charge < -0.3 is 14.4 Å². The summed E-state index contributed by atoms with van der Waals surface area (Å²) in [4.78, 5) is 0. The first-order valence-electron chi connectivity index (χ1n) is 10.6. The molecule has 0 radical (unpaired) electrons. The quantitative estimate of drug-likeness (QED) is 0.343. The van der Waals surface area contributed by atoms with Crippen LogP contribution in [0.25, 0.3) is 22.6 Å². The van der Waals surface area contributed by atoms with Gasteiger partial charge in [-0.15, -0.1) is 0 Å². The summed E-state index contributed by atoms with van der Waals surface area (Å²) < 4.78 is 24.9. The van der Waals surface area contributed by atoms with Crippen LogP contribution in [0.1, 0.15) is 26.7 Å². The van der Waals surface area contributed by atoms with Gasteiger partial charge in [0.05, 0.1) is 12.1 Å². The van der Waals surface area contributed by atoms with Crippen LogP contribution in [0.2, 0.25) is 0 Å². The number of nitrogens with zero attached hydrogens (tertiary/aromatic N) is 2. The van der Waals surface area contributed by atoms with Gasteiger partial charge in [-0.2, -0.15) is 0 Å². The topological polar surface area (TPSA) is 80.2 Å². The van der Waals surface area contributed by atoms with E-state index in [1.165, 1.54) is 0 Å². The van der Waals surface area contributed by atoms with Gasteiger partial charge in [-0.05, 0) is 9.48 Å². The molecule has 2 heterocycles. The third-order valence-corrected chi connectivity index (χ3v) is 4.22. The maximum atomic E-state index is 9.89. The normalized spacial score (nSPS) is 9.91. The average molecular weight is 438 g/mol. The molecular weight excluding hydrogens is 410 g/mol. The van der Waals surface area contributed by atoms with Crippen molar-refractivity contribution in [1.82, 2.24) is 0 Å². The number of aryl methyl sites for hydroxylation is 2. The smallest absolute Gasteiger partial charge is 0.220 e. The van der Waals surface area contributed by atoms with Crippen molar-refractivity contribution in [3.05, 3.63) is 85.2 Å². The first-order valence-corrected chi connectivity index (χ1v) is 10.6. The van der Waals surface area contributed by atoms with Crippen LogP contribution in [0.4, 0.5) is 4.32 Å². The molecular formula is C24H28BFN2O4. The van der Waals surface area contributed by atoms with Gasteiger partial charge in [-0.25, -0.2) is 9.05 Å². The Bertz CT molecular complexity index is 925. The lowest BCUT2D eigenvalue weighted by Crippen LogP contribution is -2.39. The Hall–Kier alpha value is -3.23. The summed E-state index contributed by atoms with van der Waals surface area (Å²) in [5, 5.41) is 16.6. The lowest BCUT2D eigenvalue weighted by Gasteiger charge is -2.09. The van der Waals surface area contributed by atoms with E-state index in [2.05, 4.69) is 38.1 Å². The molecule has 0 atom stereocenters. The van der Waals surface area contributed by atoms with E-state index in [1.807, 2.05) is 70.4 Å². The molecule has 32 heavy (non-hydrogen) atoms. The minimum atomic E-state index is -3.17. The summed E-state index contributed by atoms with van der Waals surface area (Å²) in [5.41, 5.74) is 2.25. The van der Waals surface area contributed by atoms with Crippen molar-refractivity contribution in [2.24, 2.45) is 0 Å². The minimum absolute atomic E-state index is 0.930. The van der Waals surface area contributed by atoms with Crippen LogP contribution in [0, 0.1) is 0 Å². The fraction of sp³-hybridized carbons (Fsp3) is 0.250. The Balaban J connectivity index is 0.000000195. The molecule has 168 valence electrons. The van der Waals surface area contributed by atoms with Crippen LogP contribution < -0.4 is 19.5 Å². The van der Waals surface area contributed by atoms with Crippen LogP contribution in [0.3, 0.4) is 0 Å². The van der Waals surface area contributed by atoms with E-state index in [4.69, 9.17) is 19.1 Å². The molecule has 0 amide bonds. The SMILES string of the molecule is CCC[n+]1ccc(-c2ccccc2)o1.CCC[n+]1ccc(-c2ccccc2)o1.[O-]B([O-])F. The molecule has 0 aliphatic carbocycles. The lowest BCUT2D eigenvalue weighted by molar-refractivity contribution is -0.862. The third-order valence-electron chi connectivity index (χ3n) is 4.22. The van der Waals surface area contributed by atoms with E-state index < -0.39 is 7.40 Å². The first-order chi connectivity index (χ1) is 15.5. The van der Waals surface area contributed by atoms with Gasteiger partial charge in [0.25, 0.3) is 0 Å². The van der Waals surface area contributed by atoms with Crippen LogP contribution in [-0.2, 0) is 13.1 Å². The van der Waals surface area contributed by atoms with Crippen molar-refractivity contribution >= 4 is 7.40 Å². The van der Waals surface area contributed by atoms with E-state index in [-0.39, 0.29) is 0 Å². The van der Waals surface area contributed by atoms with Crippen LogP contribution in [0.15, 0.2) is 94.2 Å². The predicted octanol–water partition coefficient (Wildman–Crippen LogP) is 2.95. The van der Waals surface area contributed by atoms with Crippen molar-refractivity contribution in [3.8, 4) is 22.6 Å². The highest BCUT2D eigenvalue weighted by molar-refractivity contribution is 6.27. The van der Waals surface area contributed by atoms with Crippen molar-refractivity contribution < 1.29 is 32.9 Å². The molecule has 0 saturated heterocycles. The second-order valence-electron chi connectivity index (χ2n) is 6.83. The van der Waals surface area contributed by atoms with E-state index in [0.717, 1.165) is 48.6 Å². The highest BCUT2D eigenvalue weighted by Gasteiger charge is 2.09. The maximum Gasteiger partial charge on any atom is 0.220 e. The Morgan fingerprint density at radius 1 is 0.688 bits per heavy atom. The number of benzene rings is 2. The zero-order valence-electron chi connectivity index (χ0n) is 18.4. The van der Waals surface area contributed by atoms with Crippen LogP contribution in [-0.4, -0.2) is 7.40 Å². The molecule has 2 aromatic carbocycles. The number of hydrogen-bond acceptors (Lipinski definition) is 4. The van der Waals surface area contributed by atoms with Crippen molar-refractivity contribution in [3.63, 3.8) is 0 Å². The summed E-state index contributed by atoms with van der Waals surface area (Å²) in [7, 11) is -3.17. The third kappa shape index (κ3) is 8.87. The number of rotatable bonds is 6. The van der Waals surface area contributed by atoms with E-state index in [0.29, 0.717) is 0 Å². The van der Waals surface area contributed by atoms with Gasteiger partial charge >= 0.3 is 0 Å². The highest BCUT2D eigenvalue weighted by atomic mass is 19.1. The van der Waals surface area contributed by atoms with Crippen LogP contribution in [0.5, 0.6) is 0 Å². The molecule has 4 rings (SSSR count). The van der Waals surface area contributed by atoms with Crippen molar-refractivity contribution in [1.29, 1.82) is 0 Å². The largest absolute Gasteiger partial charge is 0.867 e. The Kier molecular flexibility index (Phi) is 10.9. The fourth-order valence-electron chi connectivity index (χ4n) is 2.86. The van der Waals surface area contributed by atoms with E-state index >= 15 is 0 Å². The van der Waals surface area contributed by atoms with Gasteiger partial charge in [0, 0.05) is 24.0 Å². The average Bonchev–Trinajstić information content (AvgIpc) is 3.46. The molecule has 0 bridgehead atoms. The van der Waals surface area contributed by atoms with Crippen molar-refractivity contribution in [2.75, 3.05) is 0 Å². The molecule has 4 aromatic rings. The molecule has 0 fully saturated rings. The predicted molar refractivity (Wildman–Crippen MR) is 116 cm³/mol. The monoisotopic (exact) mass is 438 g/mol. The summed E-state index contributed by atoms with van der Waals surface area (Å²) in [5.74, 6) is 1.86. The highest BCUT2D eigenvalue weighted by Crippen LogP contribution is 2.17. The summed E-state index contributed by atoms with van der Waals surface area (Å²) in [6.07, 6.45) is 6.14. The standard InChI is InChI=1S/2C12H14NO.BFO2/c2*1-2-9-13-10-8-12(14-13)11-6-4-3-5-7-11;2-1(3)4/h2*3-8,10H,2,9H2,1H3;/q2*+1;-2. The van der Waals surface area contributed by atoms with Crippen LogP contribution >= 0.6 is 0 Å².